The Labute approximate surface area is 71.8 Å². The van der Waals surface area contributed by atoms with Crippen molar-refractivity contribution in [2.24, 2.45) is 0 Å². The van der Waals surface area contributed by atoms with E-state index in [1.807, 2.05) is 18.5 Å². The molecule has 0 spiro atoms. The van der Waals surface area contributed by atoms with E-state index < -0.39 is 0 Å². The predicted octanol–water partition coefficient (Wildman–Crippen LogP) is 0.800. The van der Waals surface area contributed by atoms with Crippen molar-refractivity contribution in [2.45, 2.75) is 25.0 Å². The molecule has 66 valence electrons. The minimum atomic E-state index is -0.348. The highest BCUT2D eigenvalue weighted by molar-refractivity contribution is 5.14. The maximum atomic E-state index is 9.83. The Morgan fingerprint density at radius 3 is 3.08 bits per heavy atom. The summed E-state index contributed by atoms with van der Waals surface area (Å²) in [5.41, 5.74) is 0.981. The topological polar surface area (TPSA) is 48.0 Å². The molecule has 3 heteroatoms. The molecule has 0 aromatic carbocycles. The summed E-state index contributed by atoms with van der Waals surface area (Å²) in [5, 5.41) is 13.1. The average molecular weight is 166 g/mol. The largest absolute Gasteiger partial charge is 0.387 e. The molecule has 1 aromatic heterocycles. The van der Waals surface area contributed by atoms with E-state index in [4.69, 9.17) is 0 Å². The molecule has 3 nitrogen and oxygen atoms in total. The van der Waals surface area contributed by atoms with Crippen molar-refractivity contribution in [1.29, 1.82) is 0 Å². The van der Waals surface area contributed by atoms with E-state index in [9.17, 15) is 5.11 Å². The van der Waals surface area contributed by atoms with Gasteiger partial charge in [0, 0.05) is 18.4 Å². The van der Waals surface area contributed by atoms with Crippen LogP contribution in [0.15, 0.2) is 18.5 Å². The third kappa shape index (κ3) is 1.38. The summed E-state index contributed by atoms with van der Waals surface area (Å²) in [7, 11) is 0. The monoisotopic (exact) mass is 166 g/mol. The molecule has 1 aliphatic heterocycles. The molecule has 0 radical (unpaired) electrons. The van der Waals surface area contributed by atoms with Gasteiger partial charge in [0.05, 0.1) is 6.10 Å². The molecule has 1 aliphatic rings. The summed E-state index contributed by atoms with van der Waals surface area (Å²) >= 11 is 0. The first-order valence-corrected chi connectivity index (χ1v) is 4.42. The smallest absolute Gasteiger partial charge is 0.0957 e. The van der Waals surface area contributed by atoms with Gasteiger partial charge in [0.25, 0.3) is 0 Å². The summed E-state index contributed by atoms with van der Waals surface area (Å²) in [5.74, 6) is 0. The highest BCUT2D eigenvalue weighted by atomic mass is 16.3. The molecule has 1 aromatic rings. The zero-order valence-corrected chi connectivity index (χ0v) is 6.96. The molecule has 2 heterocycles. The number of aliphatic hydroxyl groups is 1. The summed E-state index contributed by atoms with van der Waals surface area (Å²) in [6.07, 6.45) is 5.59. The SMILES string of the molecule is OC(c1cc[nH]c1)C1CCCN1. The standard InChI is InChI=1S/C9H14N2O/c12-9(7-3-5-10-6-7)8-2-1-4-11-8/h3,5-6,8-12H,1-2,4H2. The minimum absolute atomic E-state index is 0.251. The van der Waals surface area contributed by atoms with Gasteiger partial charge in [-0.2, -0.15) is 0 Å². The van der Waals surface area contributed by atoms with Crippen LogP contribution in [-0.2, 0) is 0 Å². The quantitative estimate of drug-likeness (QED) is 0.608. The number of aliphatic hydroxyl groups excluding tert-OH is 1. The van der Waals surface area contributed by atoms with Crippen LogP contribution in [-0.4, -0.2) is 22.7 Å². The lowest BCUT2D eigenvalue weighted by Crippen LogP contribution is -2.28. The molecular formula is C9H14N2O. The molecule has 0 amide bonds. The number of nitrogens with one attached hydrogen (secondary N) is 2. The maximum Gasteiger partial charge on any atom is 0.0957 e. The van der Waals surface area contributed by atoms with Crippen LogP contribution in [0.2, 0.25) is 0 Å². The van der Waals surface area contributed by atoms with Crippen LogP contribution in [0.3, 0.4) is 0 Å². The van der Waals surface area contributed by atoms with Crippen LogP contribution in [0.4, 0.5) is 0 Å². The second-order valence-electron chi connectivity index (χ2n) is 3.29. The highest BCUT2D eigenvalue weighted by Gasteiger charge is 2.23. The minimum Gasteiger partial charge on any atom is -0.387 e. The zero-order chi connectivity index (χ0) is 8.39. The normalized spacial score (nSPS) is 25.9. The van der Waals surface area contributed by atoms with E-state index in [1.165, 1.54) is 6.42 Å². The van der Waals surface area contributed by atoms with Crippen molar-refractivity contribution >= 4 is 0 Å². The van der Waals surface area contributed by atoms with Gasteiger partial charge < -0.3 is 15.4 Å². The van der Waals surface area contributed by atoms with Crippen molar-refractivity contribution in [3.05, 3.63) is 24.0 Å². The molecule has 3 N–H and O–H groups in total. The Bertz CT molecular complexity index is 227. The average Bonchev–Trinajstić information content (AvgIpc) is 2.77. The van der Waals surface area contributed by atoms with Crippen molar-refractivity contribution in [3.63, 3.8) is 0 Å². The van der Waals surface area contributed by atoms with Crippen LogP contribution >= 0.6 is 0 Å². The molecule has 0 bridgehead atoms. The van der Waals surface area contributed by atoms with Crippen LogP contribution in [0.25, 0.3) is 0 Å². The Hall–Kier alpha value is -0.800. The van der Waals surface area contributed by atoms with Gasteiger partial charge in [-0.1, -0.05) is 0 Å². The first-order valence-electron chi connectivity index (χ1n) is 4.42. The molecule has 1 saturated heterocycles. The lowest BCUT2D eigenvalue weighted by Gasteiger charge is -2.16. The first kappa shape index (κ1) is 7.83. The number of hydrogen-bond acceptors (Lipinski definition) is 2. The Morgan fingerprint density at radius 1 is 1.58 bits per heavy atom. The van der Waals surface area contributed by atoms with Gasteiger partial charge in [-0.25, -0.2) is 0 Å². The van der Waals surface area contributed by atoms with Gasteiger partial charge in [-0.05, 0) is 31.0 Å². The van der Waals surface area contributed by atoms with Crippen LogP contribution in [0.1, 0.15) is 24.5 Å². The molecular weight excluding hydrogens is 152 g/mol. The van der Waals surface area contributed by atoms with E-state index in [2.05, 4.69) is 10.3 Å². The number of H-pyrrole nitrogens is 1. The first-order chi connectivity index (χ1) is 5.88. The number of aromatic amines is 1. The van der Waals surface area contributed by atoms with Crippen LogP contribution < -0.4 is 5.32 Å². The summed E-state index contributed by atoms with van der Waals surface area (Å²) in [6.45, 7) is 1.03. The number of aromatic nitrogens is 1. The summed E-state index contributed by atoms with van der Waals surface area (Å²) in [4.78, 5) is 2.95. The van der Waals surface area contributed by atoms with Crippen molar-refractivity contribution < 1.29 is 5.11 Å². The van der Waals surface area contributed by atoms with E-state index in [-0.39, 0.29) is 12.1 Å². The van der Waals surface area contributed by atoms with Crippen molar-refractivity contribution in [2.75, 3.05) is 6.54 Å². The molecule has 0 saturated carbocycles. The molecule has 0 aliphatic carbocycles. The molecule has 2 unspecified atom stereocenters. The lowest BCUT2D eigenvalue weighted by atomic mass is 10.0. The Morgan fingerprint density at radius 2 is 2.50 bits per heavy atom. The third-order valence-corrected chi connectivity index (χ3v) is 2.44. The second-order valence-corrected chi connectivity index (χ2v) is 3.29. The molecule has 2 atom stereocenters. The summed E-state index contributed by atoms with van der Waals surface area (Å²) < 4.78 is 0. The second kappa shape index (κ2) is 3.29. The van der Waals surface area contributed by atoms with E-state index in [1.54, 1.807) is 0 Å². The Balaban J connectivity index is 2.04. The fourth-order valence-corrected chi connectivity index (χ4v) is 1.73. The van der Waals surface area contributed by atoms with Crippen LogP contribution in [0.5, 0.6) is 0 Å². The predicted molar refractivity (Wildman–Crippen MR) is 46.8 cm³/mol. The van der Waals surface area contributed by atoms with Gasteiger partial charge in [-0.3, -0.25) is 0 Å². The van der Waals surface area contributed by atoms with Crippen molar-refractivity contribution in [3.8, 4) is 0 Å². The molecule has 1 fully saturated rings. The Kier molecular flexibility index (Phi) is 2.15. The van der Waals surface area contributed by atoms with Gasteiger partial charge >= 0.3 is 0 Å². The van der Waals surface area contributed by atoms with Gasteiger partial charge in [0.2, 0.25) is 0 Å². The zero-order valence-electron chi connectivity index (χ0n) is 6.96. The van der Waals surface area contributed by atoms with Gasteiger partial charge in [0.15, 0.2) is 0 Å². The highest BCUT2D eigenvalue weighted by Crippen LogP contribution is 2.21. The fraction of sp³-hybridized carbons (Fsp3) is 0.556. The van der Waals surface area contributed by atoms with E-state index >= 15 is 0 Å². The van der Waals surface area contributed by atoms with Gasteiger partial charge in [-0.15, -0.1) is 0 Å². The number of hydrogen-bond donors (Lipinski definition) is 3. The maximum absolute atomic E-state index is 9.83. The van der Waals surface area contributed by atoms with E-state index in [0.29, 0.717) is 0 Å². The third-order valence-electron chi connectivity index (χ3n) is 2.44. The lowest BCUT2D eigenvalue weighted by molar-refractivity contribution is 0.137. The van der Waals surface area contributed by atoms with Gasteiger partial charge in [0.1, 0.15) is 0 Å². The fourth-order valence-electron chi connectivity index (χ4n) is 1.73. The van der Waals surface area contributed by atoms with Crippen molar-refractivity contribution in [1.82, 2.24) is 10.3 Å². The molecule has 12 heavy (non-hydrogen) atoms. The summed E-state index contributed by atoms with van der Waals surface area (Å²) in [6, 6.07) is 2.17. The van der Waals surface area contributed by atoms with Crippen LogP contribution in [0, 0.1) is 0 Å². The van der Waals surface area contributed by atoms with E-state index in [0.717, 1.165) is 18.5 Å². The molecule has 2 rings (SSSR count). The number of rotatable bonds is 2.